The van der Waals surface area contributed by atoms with E-state index in [0.717, 1.165) is 51.2 Å². The third-order valence-electron chi connectivity index (χ3n) is 5.29. The number of epoxide rings is 1. The van der Waals surface area contributed by atoms with Gasteiger partial charge in [0.05, 0.1) is 13.2 Å². The molecule has 24 heavy (non-hydrogen) atoms. The molecule has 1 unspecified atom stereocenters. The Kier molecular flexibility index (Phi) is 9.11. The summed E-state index contributed by atoms with van der Waals surface area (Å²) >= 11 is 0. The van der Waals surface area contributed by atoms with Crippen LogP contribution in [0.2, 0.25) is 0 Å². The Balaban J connectivity index is 1.49. The van der Waals surface area contributed by atoms with E-state index in [1.165, 1.54) is 44.9 Å². The Labute approximate surface area is 147 Å². The zero-order valence-electron chi connectivity index (χ0n) is 15.5. The van der Waals surface area contributed by atoms with Gasteiger partial charge in [-0.15, -0.1) is 0 Å². The van der Waals surface area contributed by atoms with E-state index in [9.17, 15) is 4.79 Å². The number of carbonyl (C=O) groups excluding carboxylic acids is 1. The van der Waals surface area contributed by atoms with Crippen LogP contribution in [0.1, 0.15) is 84.0 Å². The van der Waals surface area contributed by atoms with E-state index in [-0.39, 0.29) is 5.97 Å². The lowest BCUT2D eigenvalue weighted by molar-refractivity contribution is -0.150. The van der Waals surface area contributed by atoms with E-state index in [2.05, 4.69) is 6.92 Å². The Bertz CT molecular complexity index is 344. The monoisotopic (exact) mass is 340 g/mol. The van der Waals surface area contributed by atoms with Gasteiger partial charge in [0.15, 0.2) is 5.60 Å². The SMILES string of the molecule is CCCCOC(=O)C1(CCCCOCC2CCCCCCC2)CO1. The van der Waals surface area contributed by atoms with Crippen LogP contribution in [0.25, 0.3) is 0 Å². The predicted molar refractivity (Wildman–Crippen MR) is 95.0 cm³/mol. The van der Waals surface area contributed by atoms with Crippen molar-refractivity contribution in [1.82, 2.24) is 0 Å². The second kappa shape index (κ2) is 11.1. The van der Waals surface area contributed by atoms with Gasteiger partial charge in [0.25, 0.3) is 0 Å². The van der Waals surface area contributed by atoms with E-state index < -0.39 is 5.60 Å². The van der Waals surface area contributed by atoms with E-state index in [0.29, 0.717) is 13.2 Å². The van der Waals surface area contributed by atoms with Crippen molar-refractivity contribution in [3.05, 3.63) is 0 Å². The van der Waals surface area contributed by atoms with Gasteiger partial charge < -0.3 is 14.2 Å². The second-order valence-corrected chi connectivity index (χ2v) is 7.52. The Morgan fingerprint density at radius 3 is 2.42 bits per heavy atom. The van der Waals surface area contributed by atoms with Crippen molar-refractivity contribution in [2.75, 3.05) is 26.4 Å². The number of hydrogen-bond donors (Lipinski definition) is 0. The van der Waals surface area contributed by atoms with Crippen LogP contribution in [0.4, 0.5) is 0 Å². The largest absolute Gasteiger partial charge is 0.463 e. The smallest absolute Gasteiger partial charge is 0.340 e. The van der Waals surface area contributed by atoms with Crippen molar-refractivity contribution in [3.8, 4) is 0 Å². The maximum atomic E-state index is 12.0. The second-order valence-electron chi connectivity index (χ2n) is 7.52. The summed E-state index contributed by atoms with van der Waals surface area (Å²) in [4.78, 5) is 12.0. The van der Waals surface area contributed by atoms with Crippen LogP contribution in [-0.4, -0.2) is 38.0 Å². The van der Waals surface area contributed by atoms with Gasteiger partial charge in [0.2, 0.25) is 0 Å². The molecule has 0 N–H and O–H groups in total. The molecule has 1 saturated heterocycles. The van der Waals surface area contributed by atoms with Gasteiger partial charge in [-0.1, -0.05) is 45.4 Å². The summed E-state index contributed by atoms with van der Waals surface area (Å²) in [6.07, 6.45) is 14.3. The third kappa shape index (κ3) is 7.10. The molecular formula is C20H36O4. The standard InChI is InChI=1S/C20H36O4/c1-2-3-15-23-19(21)20(17-24-20)13-9-10-14-22-16-18-11-7-5-4-6-8-12-18/h18H,2-17H2,1H3. The first-order chi connectivity index (χ1) is 11.8. The molecule has 0 amide bonds. The molecule has 2 aliphatic rings. The Morgan fingerprint density at radius 2 is 1.75 bits per heavy atom. The van der Waals surface area contributed by atoms with Crippen molar-refractivity contribution in [1.29, 1.82) is 0 Å². The summed E-state index contributed by atoms with van der Waals surface area (Å²) < 4.78 is 16.6. The van der Waals surface area contributed by atoms with Crippen LogP contribution in [-0.2, 0) is 19.0 Å². The van der Waals surface area contributed by atoms with Gasteiger partial charge in [-0.05, 0) is 44.4 Å². The third-order valence-corrected chi connectivity index (χ3v) is 5.29. The zero-order valence-corrected chi connectivity index (χ0v) is 15.5. The highest BCUT2D eigenvalue weighted by atomic mass is 16.6. The first-order valence-electron chi connectivity index (χ1n) is 10.2. The van der Waals surface area contributed by atoms with Crippen LogP contribution in [0.15, 0.2) is 0 Å². The van der Waals surface area contributed by atoms with Crippen molar-refractivity contribution >= 4 is 5.97 Å². The van der Waals surface area contributed by atoms with E-state index in [1.54, 1.807) is 0 Å². The minimum Gasteiger partial charge on any atom is -0.463 e. The van der Waals surface area contributed by atoms with Crippen LogP contribution in [0.5, 0.6) is 0 Å². The van der Waals surface area contributed by atoms with Gasteiger partial charge in [0.1, 0.15) is 0 Å². The van der Waals surface area contributed by atoms with Crippen LogP contribution in [0.3, 0.4) is 0 Å². The minimum absolute atomic E-state index is 0.161. The van der Waals surface area contributed by atoms with Crippen molar-refractivity contribution in [2.24, 2.45) is 5.92 Å². The van der Waals surface area contributed by atoms with Gasteiger partial charge in [-0.25, -0.2) is 4.79 Å². The molecule has 0 aromatic heterocycles. The fourth-order valence-corrected chi connectivity index (χ4v) is 3.46. The summed E-state index contributed by atoms with van der Waals surface area (Å²) in [7, 11) is 0. The highest BCUT2D eigenvalue weighted by Gasteiger charge is 2.53. The number of unbranched alkanes of at least 4 members (excludes halogenated alkanes) is 2. The summed E-state index contributed by atoms with van der Waals surface area (Å²) in [6, 6.07) is 0. The van der Waals surface area contributed by atoms with Crippen molar-refractivity contribution in [3.63, 3.8) is 0 Å². The van der Waals surface area contributed by atoms with Gasteiger partial charge in [0, 0.05) is 13.2 Å². The fourth-order valence-electron chi connectivity index (χ4n) is 3.46. The summed E-state index contributed by atoms with van der Waals surface area (Å²) in [5.74, 6) is 0.600. The number of rotatable bonds is 11. The Morgan fingerprint density at radius 1 is 1.04 bits per heavy atom. The lowest BCUT2D eigenvalue weighted by Crippen LogP contribution is -2.27. The Hall–Kier alpha value is -0.610. The predicted octanol–water partition coefficient (Wildman–Crippen LogP) is 4.65. The topological polar surface area (TPSA) is 48.1 Å². The number of ether oxygens (including phenoxy) is 3. The van der Waals surface area contributed by atoms with Gasteiger partial charge in [-0.3, -0.25) is 0 Å². The van der Waals surface area contributed by atoms with E-state index in [4.69, 9.17) is 14.2 Å². The van der Waals surface area contributed by atoms with Crippen molar-refractivity contribution in [2.45, 2.75) is 89.6 Å². The number of esters is 1. The molecule has 0 radical (unpaired) electrons. The lowest BCUT2D eigenvalue weighted by Gasteiger charge is -2.19. The number of carbonyl (C=O) groups is 1. The maximum Gasteiger partial charge on any atom is 0.340 e. The molecule has 0 bridgehead atoms. The van der Waals surface area contributed by atoms with Gasteiger partial charge >= 0.3 is 5.97 Å². The van der Waals surface area contributed by atoms with Crippen LogP contribution >= 0.6 is 0 Å². The molecule has 4 heteroatoms. The molecule has 0 aromatic carbocycles. The maximum absolute atomic E-state index is 12.0. The molecule has 1 heterocycles. The molecule has 1 aliphatic carbocycles. The van der Waals surface area contributed by atoms with Gasteiger partial charge in [-0.2, -0.15) is 0 Å². The summed E-state index contributed by atoms with van der Waals surface area (Å²) in [5, 5.41) is 0. The highest BCUT2D eigenvalue weighted by molar-refractivity contribution is 5.82. The quantitative estimate of drug-likeness (QED) is 0.312. The fraction of sp³-hybridized carbons (Fsp3) is 0.950. The van der Waals surface area contributed by atoms with Crippen molar-refractivity contribution < 1.29 is 19.0 Å². The molecule has 2 fully saturated rings. The molecule has 1 atom stereocenters. The van der Waals surface area contributed by atoms with Crippen LogP contribution < -0.4 is 0 Å². The van der Waals surface area contributed by atoms with Crippen LogP contribution in [0, 0.1) is 5.92 Å². The molecular weight excluding hydrogens is 304 g/mol. The molecule has 4 nitrogen and oxygen atoms in total. The average molecular weight is 341 g/mol. The molecule has 0 spiro atoms. The van der Waals surface area contributed by atoms with E-state index >= 15 is 0 Å². The van der Waals surface area contributed by atoms with E-state index in [1.807, 2.05) is 0 Å². The summed E-state index contributed by atoms with van der Waals surface area (Å²) in [6.45, 7) is 4.86. The molecule has 2 rings (SSSR count). The minimum atomic E-state index is -0.618. The number of hydrogen-bond acceptors (Lipinski definition) is 4. The first-order valence-corrected chi connectivity index (χ1v) is 10.2. The molecule has 140 valence electrons. The average Bonchev–Trinajstić information content (AvgIpc) is 3.33. The summed E-state index contributed by atoms with van der Waals surface area (Å²) in [5.41, 5.74) is -0.618. The molecule has 0 aromatic rings. The first kappa shape index (κ1) is 19.7. The lowest BCUT2D eigenvalue weighted by atomic mass is 9.92. The molecule has 1 aliphatic heterocycles. The normalized spacial score (nSPS) is 25.0. The zero-order chi connectivity index (χ0) is 17.1. The molecule has 1 saturated carbocycles. The highest BCUT2D eigenvalue weighted by Crippen LogP contribution is 2.34.